The summed E-state index contributed by atoms with van der Waals surface area (Å²) >= 11 is 0. The van der Waals surface area contributed by atoms with Crippen LogP contribution in [0.4, 0.5) is 0 Å². The van der Waals surface area contributed by atoms with Crippen molar-refractivity contribution in [3.63, 3.8) is 0 Å². The number of ether oxygens (including phenoxy) is 1. The molecule has 0 radical (unpaired) electrons. The van der Waals surface area contributed by atoms with Gasteiger partial charge in [0.05, 0.1) is 0 Å². The Kier molecular flexibility index (Phi) is 7.90. The molecule has 0 heterocycles. The number of rotatable bonds is 10. The smallest absolute Gasteiger partial charge is 0.119 e. The second kappa shape index (κ2) is 10.2. The number of allylic oxidation sites excluding steroid dienone is 1. The van der Waals surface area contributed by atoms with Crippen molar-refractivity contribution in [2.45, 2.75) is 39.2 Å². The molecule has 1 N–H and O–H groups in total. The van der Waals surface area contributed by atoms with Crippen LogP contribution >= 0.6 is 0 Å². The van der Waals surface area contributed by atoms with E-state index in [0.717, 1.165) is 32.5 Å². The van der Waals surface area contributed by atoms with E-state index in [2.05, 4.69) is 92.8 Å². The molecule has 0 aromatic heterocycles. The summed E-state index contributed by atoms with van der Waals surface area (Å²) < 4.78 is 6.52. The van der Waals surface area contributed by atoms with Crippen LogP contribution in [-0.2, 0) is 10.3 Å². The van der Waals surface area contributed by atoms with Gasteiger partial charge in [-0.15, -0.1) is 0 Å². The summed E-state index contributed by atoms with van der Waals surface area (Å²) in [7, 11) is 0. The SMILES string of the molecule is CCCOC(CCNCC=C(C)C)(c1ccccc1)c1ccccc1. The summed E-state index contributed by atoms with van der Waals surface area (Å²) in [6.07, 6.45) is 4.13. The molecule has 0 saturated carbocycles. The van der Waals surface area contributed by atoms with Gasteiger partial charge in [-0.1, -0.05) is 79.2 Å². The van der Waals surface area contributed by atoms with Crippen LogP contribution in [-0.4, -0.2) is 19.7 Å². The second-order valence-corrected chi connectivity index (χ2v) is 6.64. The van der Waals surface area contributed by atoms with Crippen LogP contribution in [0.3, 0.4) is 0 Å². The van der Waals surface area contributed by atoms with Crippen LogP contribution in [0.25, 0.3) is 0 Å². The molecular formula is C23H31NO. The fourth-order valence-electron chi connectivity index (χ4n) is 3.03. The molecule has 2 aromatic carbocycles. The van der Waals surface area contributed by atoms with E-state index in [-0.39, 0.29) is 0 Å². The molecule has 0 aliphatic heterocycles. The van der Waals surface area contributed by atoms with Crippen LogP contribution in [0.5, 0.6) is 0 Å². The van der Waals surface area contributed by atoms with E-state index in [1.165, 1.54) is 16.7 Å². The average Bonchev–Trinajstić information content (AvgIpc) is 2.65. The summed E-state index contributed by atoms with van der Waals surface area (Å²) in [6.45, 7) is 8.97. The first kappa shape index (κ1) is 19.4. The predicted molar refractivity (Wildman–Crippen MR) is 107 cm³/mol. The Bertz CT molecular complexity index is 590. The molecule has 0 amide bonds. The molecule has 0 aliphatic rings. The van der Waals surface area contributed by atoms with Gasteiger partial charge in [-0.25, -0.2) is 0 Å². The molecule has 2 aromatic rings. The number of hydrogen-bond donors (Lipinski definition) is 1. The summed E-state index contributed by atoms with van der Waals surface area (Å²) in [5.41, 5.74) is 3.38. The minimum Gasteiger partial charge on any atom is -0.366 e. The Labute approximate surface area is 152 Å². The molecule has 0 spiro atoms. The number of hydrogen-bond acceptors (Lipinski definition) is 2. The van der Waals surface area contributed by atoms with Gasteiger partial charge in [-0.3, -0.25) is 0 Å². The van der Waals surface area contributed by atoms with Gasteiger partial charge in [0.2, 0.25) is 0 Å². The molecule has 0 aliphatic carbocycles. The van der Waals surface area contributed by atoms with Crippen LogP contribution in [0, 0.1) is 0 Å². The van der Waals surface area contributed by atoms with Crippen molar-refractivity contribution in [2.75, 3.05) is 19.7 Å². The fourth-order valence-corrected chi connectivity index (χ4v) is 3.03. The molecule has 2 heteroatoms. The topological polar surface area (TPSA) is 21.3 Å². The molecule has 2 nitrogen and oxygen atoms in total. The lowest BCUT2D eigenvalue weighted by molar-refractivity contribution is -0.0241. The molecule has 2 rings (SSSR count). The summed E-state index contributed by atoms with van der Waals surface area (Å²) in [4.78, 5) is 0. The normalized spacial score (nSPS) is 11.3. The summed E-state index contributed by atoms with van der Waals surface area (Å²) in [5, 5.41) is 3.53. The molecule has 25 heavy (non-hydrogen) atoms. The quantitative estimate of drug-likeness (QED) is 0.469. The van der Waals surface area contributed by atoms with Gasteiger partial charge >= 0.3 is 0 Å². The monoisotopic (exact) mass is 337 g/mol. The standard InChI is InChI=1S/C23H31NO/c1-4-19-25-23(21-11-7-5-8-12-21,22-13-9-6-10-14-22)16-18-24-17-15-20(2)3/h5-15,24H,4,16-19H2,1-3H3. The first-order valence-electron chi connectivity index (χ1n) is 9.28. The zero-order valence-corrected chi connectivity index (χ0v) is 15.8. The van der Waals surface area contributed by atoms with Crippen molar-refractivity contribution in [1.29, 1.82) is 0 Å². The molecule has 0 bridgehead atoms. The predicted octanol–water partition coefficient (Wildman–Crippen LogP) is 5.30. The highest BCUT2D eigenvalue weighted by atomic mass is 16.5. The third kappa shape index (κ3) is 5.55. The Morgan fingerprint density at radius 3 is 2.00 bits per heavy atom. The Balaban J connectivity index is 2.29. The van der Waals surface area contributed by atoms with Gasteiger partial charge in [0.15, 0.2) is 0 Å². The molecular weight excluding hydrogens is 306 g/mol. The second-order valence-electron chi connectivity index (χ2n) is 6.64. The highest BCUT2D eigenvalue weighted by molar-refractivity contribution is 5.36. The van der Waals surface area contributed by atoms with E-state index < -0.39 is 5.60 Å². The van der Waals surface area contributed by atoms with Gasteiger partial charge in [-0.2, -0.15) is 0 Å². The summed E-state index contributed by atoms with van der Waals surface area (Å²) in [6, 6.07) is 21.2. The molecule has 0 unspecified atom stereocenters. The average molecular weight is 338 g/mol. The van der Waals surface area contributed by atoms with Crippen LogP contribution < -0.4 is 5.32 Å². The number of benzene rings is 2. The third-order valence-corrected chi connectivity index (χ3v) is 4.34. The zero-order chi connectivity index (χ0) is 18.0. The minimum atomic E-state index is -0.406. The fraction of sp³-hybridized carbons (Fsp3) is 0.391. The maximum Gasteiger partial charge on any atom is 0.119 e. The van der Waals surface area contributed by atoms with E-state index in [1.807, 2.05) is 0 Å². The van der Waals surface area contributed by atoms with Gasteiger partial charge < -0.3 is 10.1 Å². The zero-order valence-electron chi connectivity index (χ0n) is 15.8. The lowest BCUT2D eigenvalue weighted by Gasteiger charge is -2.35. The largest absolute Gasteiger partial charge is 0.366 e. The van der Waals surface area contributed by atoms with Crippen molar-refractivity contribution in [3.8, 4) is 0 Å². The maximum absolute atomic E-state index is 6.52. The Morgan fingerprint density at radius 1 is 0.960 bits per heavy atom. The van der Waals surface area contributed by atoms with Crippen molar-refractivity contribution < 1.29 is 4.74 Å². The van der Waals surface area contributed by atoms with Gasteiger partial charge in [0.1, 0.15) is 5.60 Å². The molecule has 0 saturated heterocycles. The Hall–Kier alpha value is -1.90. The summed E-state index contributed by atoms with van der Waals surface area (Å²) in [5.74, 6) is 0. The van der Waals surface area contributed by atoms with E-state index in [1.54, 1.807) is 0 Å². The molecule has 134 valence electrons. The van der Waals surface area contributed by atoms with Gasteiger partial charge in [-0.05, 0) is 44.4 Å². The highest BCUT2D eigenvalue weighted by Crippen LogP contribution is 2.37. The lowest BCUT2D eigenvalue weighted by atomic mass is 9.83. The van der Waals surface area contributed by atoms with E-state index >= 15 is 0 Å². The van der Waals surface area contributed by atoms with Crippen molar-refractivity contribution in [3.05, 3.63) is 83.4 Å². The first-order chi connectivity index (χ1) is 12.2. The maximum atomic E-state index is 6.52. The van der Waals surface area contributed by atoms with Crippen LogP contribution in [0.2, 0.25) is 0 Å². The highest BCUT2D eigenvalue weighted by Gasteiger charge is 2.34. The lowest BCUT2D eigenvalue weighted by Crippen LogP contribution is -2.35. The molecule has 0 fully saturated rings. The van der Waals surface area contributed by atoms with Gasteiger partial charge in [0.25, 0.3) is 0 Å². The first-order valence-corrected chi connectivity index (χ1v) is 9.28. The van der Waals surface area contributed by atoms with E-state index in [9.17, 15) is 0 Å². The van der Waals surface area contributed by atoms with E-state index in [0.29, 0.717) is 0 Å². The van der Waals surface area contributed by atoms with E-state index in [4.69, 9.17) is 4.74 Å². The van der Waals surface area contributed by atoms with Crippen molar-refractivity contribution >= 4 is 0 Å². The van der Waals surface area contributed by atoms with Crippen molar-refractivity contribution in [1.82, 2.24) is 5.32 Å². The Morgan fingerprint density at radius 2 is 1.52 bits per heavy atom. The third-order valence-electron chi connectivity index (χ3n) is 4.34. The van der Waals surface area contributed by atoms with Gasteiger partial charge in [0, 0.05) is 13.2 Å². The van der Waals surface area contributed by atoms with Crippen molar-refractivity contribution in [2.24, 2.45) is 0 Å². The number of nitrogens with one attached hydrogen (secondary N) is 1. The molecule has 0 atom stereocenters. The van der Waals surface area contributed by atoms with Crippen LogP contribution in [0.15, 0.2) is 72.3 Å². The minimum absolute atomic E-state index is 0.406. The van der Waals surface area contributed by atoms with Crippen LogP contribution in [0.1, 0.15) is 44.7 Å².